The lowest BCUT2D eigenvalue weighted by molar-refractivity contribution is 0.0763. The van der Waals surface area contributed by atoms with Crippen molar-refractivity contribution in [3.63, 3.8) is 0 Å². The summed E-state index contributed by atoms with van der Waals surface area (Å²) in [6, 6.07) is 22.6. The average Bonchev–Trinajstić information content (AvgIpc) is 2.94. The third kappa shape index (κ3) is 2.26. The molecule has 0 unspecified atom stereocenters. The number of hydrogen-bond donors (Lipinski definition) is 1. The number of Topliss-reactive ketones (excluding diaryl/α,β-unsaturated/α-hetero) is 1. The van der Waals surface area contributed by atoms with Gasteiger partial charge in [0.1, 0.15) is 11.8 Å². The first-order valence-electron chi connectivity index (χ1n) is 8.30. The van der Waals surface area contributed by atoms with E-state index in [2.05, 4.69) is 5.32 Å². The van der Waals surface area contributed by atoms with E-state index in [4.69, 9.17) is 16.3 Å². The van der Waals surface area contributed by atoms with Gasteiger partial charge in [0.25, 0.3) is 0 Å². The maximum atomic E-state index is 13.4. The quantitative estimate of drug-likeness (QED) is 0.599. The van der Waals surface area contributed by atoms with Crippen LogP contribution in [-0.2, 0) is 0 Å². The van der Waals surface area contributed by atoms with Crippen molar-refractivity contribution in [1.29, 1.82) is 0 Å². The topological polar surface area (TPSA) is 38.3 Å². The number of anilines is 1. The van der Waals surface area contributed by atoms with Gasteiger partial charge in [-0.3, -0.25) is 4.79 Å². The lowest BCUT2D eigenvalue weighted by Crippen LogP contribution is -2.48. The molecule has 0 amide bonds. The Morgan fingerprint density at radius 3 is 2.50 bits per heavy atom. The molecule has 5 heteroatoms. The maximum Gasteiger partial charge on any atom is 0.245 e. The molecule has 2 aliphatic rings. The van der Waals surface area contributed by atoms with E-state index in [0.29, 0.717) is 16.3 Å². The highest BCUT2D eigenvalue weighted by molar-refractivity contribution is 8.01. The van der Waals surface area contributed by atoms with Crippen molar-refractivity contribution in [3.8, 4) is 5.75 Å². The molecule has 0 aliphatic carbocycles. The van der Waals surface area contributed by atoms with Crippen LogP contribution in [0.2, 0.25) is 5.02 Å². The summed E-state index contributed by atoms with van der Waals surface area (Å²) in [5.74, 6) is 0.616. The van der Waals surface area contributed by atoms with Gasteiger partial charge in [0.2, 0.25) is 10.7 Å². The molecule has 3 nitrogen and oxygen atoms in total. The second-order valence-corrected chi connectivity index (χ2v) is 8.01. The Kier molecular flexibility index (Phi) is 3.52. The number of thioether (sulfide) groups is 1. The van der Waals surface area contributed by atoms with Gasteiger partial charge in [-0.1, -0.05) is 59.8 Å². The van der Waals surface area contributed by atoms with Crippen LogP contribution in [0.4, 0.5) is 5.69 Å². The summed E-state index contributed by atoms with van der Waals surface area (Å²) in [5.41, 5.74) is 2.58. The molecule has 0 aromatic heterocycles. The lowest BCUT2D eigenvalue weighted by Gasteiger charge is -2.40. The smallest absolute Gasteiger partial charge is 0.245 e. The van der Waals surface area contributed by atoms with Crippen LogP contribution in [0.15, 0.2) is 77.7 Å². The first-order chi connectivity index (χ1) is 12.7. The van der Waals surface area contributed by atoms with Gasteiger partial charge in [-0.05, 0) is 42.0 Å². The number of ether oxygens (including phenoxy) is 1. The van der Waals surface area contributed by atoms with E-state index in [9.17, 15) is 4.79 Å². The average molecular weight is 380 g/mol. The fraction of sp³-hybridized carbons (Fsp3) is 0.0952. The summed E-state index contributed by atoms with van der Waals surface area (Å²) in [7, 11) is 0. The highest BCUT2D eigenvalue weighted by atomic mass is 35.5. The Bertz CT molecular complexity index is 1020. The van der Waals surface area contributed by atoms with Gasteiger partial charge >= 0.3 is 0 Å². The molecule has 2 heterocycles. The molecule has 26 heavy (non-hydrogen) atoms. The molecule has 5 rings (SSSR count). The Morgan fingerprint density at radius 2 is 1.69 bits per heavy atom. The fourth-order valence-electron chi connectivity index (χ4n) is 3.50. The van der Waals surface area contributed by atoms with E-state index < -0.39 is 4.93 Å². The molecule has 0 bridgehead atoms. The molecule has 0 saturated carbocycles. The predicted molar refractivity (Wildman–Crippen MR) is 104 cm³/mol. The van der Waals surface area contributed by atoms with E-state index >= 15 is 0 Å². The summed E-state index contributed by atoms with van der Waals surface area (Å²) in [5, 5.41) is 4.18. The lowest BCUT2D eigenvalue weighted by atomic mass is 9.95. The van der Waals surface area contributed by atoms with Crippen LogP contribution in [-0.4, -0.2) is 10.7 Å². The monoisotopic (exact) mass is 379 g/mol. The number of carbonyl (C=O) groups is 1. The summed E-state index contributed by atoms with van der Waals surface area (Å²) in [4.78, 5) is 13.3. The number of halogens is 1. The molecule has 2 aliphatic heterocycles. The molecule has 3 aromatic carbocycles. The van der Waals surface area contributed by atoms with E-state index in [-0.39, 0.29) is 11.8 Å². The van der Waals surface area contributed by atoms with Crippen molar-refractivity contribution in [1.82, 2.24) is 0 Å². The Morgan fingerprint density at radius 1 is 0.962 bits per heavy atom. The summed E-state index contributed by atoms with van der Waals surface area (Å²) >= 11 is 7.53. The number of fused-ring (bicyclic) bond motifs is 2. The van der Waals surface area contributed by atoms with E-state index in [1.165, 1.54) is 11.8 Å². The van der Waals surface area contributed by atoms with Gasteiger partial charge in [0.15, 0.2) is 0 Å². The molecule has 128 valence electrons. The Hall–Kier alpha value is -2.43. The zero-order valence-electron chi connectivity index (χ0n) is 13.6. The third-order valence-corrected chi connectivity index (χ3v) is 6.38. The van der Waals surface area contributed by atoms with Gasteiger partial charge in [0.05, 0.1) is 5.56 Å². The second kappa shape index (κ2) is 5.79. The van der Waals surface area contributed by atoms with Crippen molar-refractivity contribution < 1.29 is 9.53 Å². The minimum Gasteiger partial charge on any atom is -0.465 e. The molecular weight excluding hydrogens is 366 g/mol. The van der Waals surface area contributed by atoms with E-state index in [1.54, 1.807) is 0 Å². The normalized spacial score (nSPS) is 23.1. The predicted octanol–water partition coefficient (Wildman–Crippen LogP) is 5.57. The molecule has 0 saturated heterocycles. The Balaban J connectivity index is 1.69. The van der Waals surface area contributed by atoms with Gasteiger partial charge in [-0.15, -0.1) is 0 Å². The molecular formula is C21H14ClNO2S. The summed E-state index contributed by atoms with van der Waals surface area (Å²) in [6.45, 7) is 0. The summed E-state index contributed by atoms with van der Waals surface area (Å²) < 4.78 is 6.32. The molecule has 3 aromatic rings. The van der Waals surface area contributed by atoms with Crippen molar-refractivity contribution in [2.45, 2.75) is 15.9 Å². The summed E-state index contributed by atoms with van der Waals surface area (Å²) in [6.07, 6.45) is 0. The fourth-order valence-corrected chi connectivity index (χ4v) is 4.99. The number of nitrogens with one attached hydrogen (secondary N) is 1. The molecule has 1 spiro atoms. The number of ketones is 1. The van der Waals surface area contributed by atoms with Crippen LogP contribution in [0.25, 0.3) is 0 Å². The largest absolute Gasteiger partial charge is 0.465 e. The van der Waals surface area contributed by atoms with Crippen LogP contribution in [0, 0.1) is 0 Å². The highest BCUT2D eigenvalue weighted by Gasteiger charge is 2.57. The number of rotatable bonds is 1. The first-order valence-corrected chi connectivity index (χ1v) is 9.50. The minimum atomic E-state index is -1.08. The third-order valence-electron chi connectivity index (χ3n) is 4.74. The number of carbonyl (C=O) groups excluding carboxylic acids is 1. The van der Waals surface area contributed by atoms with Crippen LogP contribution < -0.4 is 10.1 Å². The zero-order valence-corrected chi connectivity index (χ0v) is 15.2. The van der Waals surface area contributed by atoms with E-state index in [1.807, 2.05) is 72.8 Å². The standard InChI is InChI=1S/C21H14ClNO2S/c22-14-11-9-13(10-12-14)19-21(26-18-8-4-2-6-16(18)23-19)20(24)15-5-1-3-7-17(15)25-21/h1-12,19,23H/t19-,21+/m1/s1. The van der Waals surface area contributed by atoms with Crippen LogP contribution >= 0.6 is 23.4 Å². The van der Waals surface area contributed by atoms with Gasteiger partial charge in [-0.25, -0.2) is 0 Å². The van der Waals surface area contributed by atoms with Gasteiger partial charge in [-0.2, -0.15) is 0 Å². The molecule has 0 fully saturated rings. The molecule has 0 radical (unpaired) electrons. The minimum absolute atomic E-state index is 0.0138. The SMILES string of the molecule is O=C1c2ccccc2O[C@@]12Sc1ccccc1N[C@@H]2c1ccc(Cl)cc1. The van der Waals surface area contributed by atoms with Crippen molar-refractivity contribution >= 4 is 34.8 Å². The second-order valence-electron chi connectivity index (χ2n) is 6.32. The van der Waals surface area contributed by atoms with Crippen LogP contribution in [0.1, 0.15) is 22.0 Å². The van der Waals surface area contributed by atoms with E-state index in [0.717, 1.165) is 16.1 Å². The molecule has 1 N–H and O–H groups in total. The number of para-hydroxylation sites is 2. The van der Waals surface area contributed by atoms with Gasteiger partial charge in [0, 0.05) is 15.6 Å². The number of benzene rings is 3. The number of hydrogen-bond acceptors (Lipinski definition) is 4. The van der Waals surface area contributed by atoms with Crippen molar-refractivity contribution in [3.05, 3.63) is 88.9 Å². The molecule has 2 atom stereocenters. The van der Waals surface area contributed by atoms with Crippen molar-refractivity contribution in [2.24, 2.45) is 0 Å². The van der Waals surface area contributed by atoms with Crippen molar-refractivity contribution in [2.75, 3.05) is 5.32 Å². The van der Waals surface area contributed by atoms with Crippen LogP contribution in [0.5, 0.6) is 5.75 Å². The maximum absolute atomic E-state index is 13.4. The highest BCUT2D eigenvalue weighted by Crippen LogP contribution is 2.56. The van der Waals surface area contributed by atoms with Crippen LogP contribution in [0.3, 0.4) is 0 Å². The van der Waals surface area contributed by atoms with Gasteiger partial charge < -0.3 is 10.1 Å². The first kappa shape index (κ1) is 15.8. The zero-order chi connectivity index (χ0) is 17.7. The Labute approximate surface area is 160 Å².